The molecule has 6 fully saturated rings. The summed E-state index contributed by atoms with van der Waals surface area (Å²) in [7, 11) is 0. The van der Waals surface area contributed by atoms with Gasteiger partial charge in [-0.3, -0.25) is 0 Å². The highest BCUT2D eigenvalue weighted by Crippen LogP contribution is 2.67. The summed E-state index contributed by atoms with van der Waals surface area (Å²) in [5.41, 5.74) is 0.728. The number of rotatable bonds is 10. The molecule has 14 heteroatoms. The second kappa shape index (κ2) is 16.0. The Balaban J connectivity index is 1.01. The average Bonchev–Trinajstić information content (AvgIpc) is 3.65. The van der Waals surface area contributed by atoms with E-state index in [0.717, 1.165) is 57.8 Å². The second-order valence-electron chi connectivity index (χ2n) is 19.0. The van der Waals surface area contributed by atoms with Crippen molar-refractivity contribution in [1.29, 1.82) is 0 Å². The Morgan fingerprint density at radius 3 is 2.02 bits per heavy atom. The van der Waals surface area contributed by atoms with Gasteiger partial charge in [0.25, 0.3) is 0 Å². The van der Waals surface area contributed by atoms with E-state index in [0.29, 0.717) is 11.8 Å². The maximum Gasteiger partial charge on any atom is 0.186 e. The van der Waals surface area contributed by atoms with E-state index in [-0.39, 0.29) is 53.3 Å². The monoisotopic (exact) mass is 784 g/mol. The molecule has 7 aliphatic rings. The normalized spacial score (nSPS) is 54.6. The van der Waals surface area contributed by atoms with Gasteiger partial charge in [-0.05, 0) is 105 Å². The summed E-state index contributed by atoms with van der Waals surface area (Å²) in [6, 6.07) is 0. The molecule has 0 aromatic carbocycles. The minimum atomic E-state index is -1.52. The van der Waals surface area contributed by atoms with E-state index in [1.807, 2.05) is 6.92 Å². The van der Waals surface area contributed by atoms with Gasteiger partial charge in [0.15, 0.2) is 12.6 Å². The molecule has 3 heterocycles. The van der Waals surface area contributed by atoms with Gasteiger partial charge in [-0.15, -0.1) is 0 Å². The topological polar surface area (TPSA) is 228 Å². The number of hydrogen-bond acceptors (Lipinski definition) is 14. The predicted octanol–water partition coefficient (Wildman–Crippen LogP) is 0.748. The number of hydrogen-bond donors (Lipinski definition) is 9. The van der Waals surface area contributed by atoms with E-state index in [1.165, 1.54) is 5.57 Å². The van der Waals surface area contributed by atoms with Crippen LogP contribution in [0.1, 0.15) is 92.4 Å². The van der Waals surface area contributed by atoms with Gasteiger partial charge in [-0.2, -0.15) is 0 Å². The summed E-state index contributed by atoms with van der Waals surface area (Å²) in [6.45, 7) is 10.2. The van der Waals surface area contributed by atoms with E-state index in [1.54, 1.807) is 0 Å². The van der Waals surface area contributed by atoms with Crippen molar-refractivity contribution in [3.63, 3.8) is 0 Å². The molecule has 3 saturated carbocycles. The van der Waals surface area contributed by atoms with Crippen LogP contribution in [0.5, 0.6) is 0 Å². The Kier molecular flexibility index (Phi) is 12.3. The molecule has 4 aliphatic carbocycles. The number of aliphatic hydroxyl groups excluding tert-OH is 9. The summed E-state index contributed by atoms with van der Waals surface area (Å²) in [4.78, 5) is 0. The number of aliphatic hydroxyl groups is 9. The van der Waals surface area contributed by atoms with Crippen LogP contribution in [0.3, 0.4) is 0 Å². The van der Waals surface area contributed by atoms with E-state index in [4.69, 9.17) is 23.7 Å². The molecule has 0 bridgehead atoms. The molecule has 0 aromatic rings. The minimum absolute atomic E-state index is 0.0313. The van der Waals surface area contributed by atoms with E-state index >= 15 is 0 Å². The lowest BCUT2D eigenvalue weighted by Gasteiger charge is -2.58. The molecule has 55 heavy (non-hydrogen) atoms. The molecule has 0 amide bonds. The lowest BCUT2D eigenvalue weighted by atomic mass is 9.47. The first-order chi connectivity index (χ1) is 26.0. The van der Waals surface area contributed by atoms with Crippen molar-refractivity contribution in [3.05, 3.63) is 11.6 Å². The van der Waals surface area contributed by atoms with Crippen molar-refractivity contribution in [2.45, 2.75) is 178 Å². The Hall–Kier alpha value is -0.820. The van der Waals surface area contributed by atoms with Crippen LogP contribution in [0.4, 0.5) is 0 Å². The van der Waals surface area contributed by atoms with Gasteiger partial charge in [0.05, 0.1) is 43.7 Å². The van der Waals surface area contributed by atoms with Gasteiger partial charge in [-0.1, -0.05) is 45.8 Å². The molecule has 316 valence electrons. The summed E-state index contributed by atoms with van der Waals surface area (Å²) < 4.78 is 30.4. The van der Waals surface area contributed by atoms with Gasteiger partial charge in [0, 0.05) is 0 Å². The minimum Gasteiger partial charge on any atom is -0.394 e. The zero-order valence-electron chi connectivity index (χ0n) is 33.1. The highest BCUT2D eigenvalue weighted by Gasteiger charge is 2.63. The summed E-state index contributed by atoms with van der Waals surface area (Å²) >= 11 is 0. The van der Waals surface area contributed by atoms with Crippen LogP contribution in [0.15, 0.2) is 11.6 Å². The summed E-state index contributed by atoms with van der Waals surface area (Å²) in [5.74, 6) is 1.25. The molecular weight excluding hydrogens is 716 g/mol. The Morgan fingerprint density at radius 1 is 0.764 bits per heavy atom. The third-order valence-corrected chi connectivity index (χ3v) is 16.1. The highest BCUT2D eigenvalue weighted by molar-refractivity contribution is 5.29. The van der Waals surface area contributed by atoms with Gasteiger partial charge in [-0.25, -0.2) is 0 Å². The fourth-order valence-corrected chi connectivity index (χ4v) is 12.7. The first-order valence-electron chi connectivity index (χ1n) is 20.9. The van der Waals surface area contributed by atoms with Crippen LogP contribution in [-0.2, 0) is 23.7 Å². The third-order valence-electron chi connectivity index (χ3n) is 16.1. The molecule has 3 unspecified atom stereocenters. The summed E-state index contributed by atoms with van der Waals surface area (Å²) in [5, 5.41) is 93.3. The lowest BCUT2D eigenvalue weighted by molar-refractivity contribution is -0.315. The predicted molar refractivity (Wildman–Crippen MR) is 196 cm³/mol. The molecule has 0 aromatic heterocycles. The lowest BCUT2D eigenvalue weighted by Crippen LogP contribution is -2.60. The molecular formula is C41H68O14. The highest BCUT2D eigenvalue weighted by atomic mass is 16.7. The Morgan fingerprint density at radius 2 is 1.38 bits per heavy atom. The van der Waals surface area contributed by atoms with E-state index < -0.39 is 86.3 Å². The fourth-order valence-electron chi connectivity index (χ4n) is 12.7. The van der Waals surface area contributed by atoms with Crippen LogP contribution in [-0.4, -0.2) is 151 Å². The molecule has 7 rings (SSSR count). The first kappa shape index (κ1) is 42.3. The maximum atomic E-state index is 11.9. The summed E-state index contributed by atoms with van der Waals surface area (Å²) in [6.07, 6.45) is -3.71. The van der Waals surface area contributed by atoms with Crippen molar-refractivity contribution in [2.75, 3.05) is 19.8 Å². The molecule has 9 N–H and O–H groups in total. The van der Waals surface area contributed by atoms with Crippen LogP contribution in [0.25, 0.3) is 0 Å². The standard InChI is InChI=1S/C41H68O14/c1-6-20-14-27(55-41(20,5)18-51-37-35(49)33(47)31(45)28(16-42)53-37)19(2)30-26(44)15-25-23-8-7-21-13-22(9-11-39(21,3)24(23)10-12-40(25,30)4)52-38-36(50)34(48)32(46)29(17-43)54-38/h8,19-22,24-38,42-50H,6-7,9-18H2,1-5H3/t19?,20-,21+,22+,24?,25-,26-,27+,28+,29+,30?,31+,32+,33-,34-,35+,36+,37+,38+,39-,40-,41+/m0/s1. The van der Waals surface area contributed by atoms with Crippen LogP contribution < -0.4 is 0 Å². The molecule has 14 nitrogen and oxygen atoms in total. The molecule has 3 saturated heterocycles. The van der Waals surface area contributed by atoms with Crippen LogP contribution in [0.2, 0.25) is 0 Å². The smallest absolute Gasteiger partial charge is 0.186 e. The molecule has 22 atom stereocenters. The Labute approximate surface area is 324 Å². The number of allylic oxidation sites excluding steroid dienone is 2. The van der Waals surface area contributed by atoms with Crippen molar-refractivity contribution in [1.82, 2.24) is 0 Å². The van der Waals surface area contributed by atoms with E-state index in [2.05, 4.69) is 33.8 Å². The third kappa shape index (κ3) is 7.19. The zero-order chi connectivity index (χ0) is 39.8. The van der Waals surface area contributed by atoms with Crippen LogP contribution in [0, 0.1) is 46.3 Å². The van der Waals surface area contributed by atoms with Gasteiger partial charge in [0.2, 0.25) is 0 Å². The fraction of sp³-hybridized carbons (Fsp3) is 0.951. The maximum absolute atomic E-state index is 11.9. The largest absolute Gasteiger partial charge is 0.394 e. The van der Waals surface area contributed by atoms with Gasteiger partial charge >= 0.3 is 0 Å². The van der Waals surface area contributed by atoms with Crippen molar-refractivity contribution in [3.8, 4) is 0 Å². The average molecular weight is 785 g/mol. The second-order valence-corrected chi connectivity index (χ2v) is 19.0. The number of fused-ring (bicyclic) bond motifs is 5. The van der Waals surface area contributed by atoms with Crippen LogP contribution >= 0.6 is 0 Å². The van der Waals surface area contributed by atoms with Crippen molar-refractivity contribution >= 4 is 0 Å². The quantitative estimate of drug-likeness (QED) is 0.139. The van der Waals surface area contributed by atoms with Crippen molar-refractivity contribution < 1.29 is 69.6 Å². The first-order valence-corrected chi connectivity index (χ1v) is 20.9. The van der Waals surface area contributed by atoms with E-state index in [9.17, 15) is 46.0 Å². The molecule has 3 aliphatic heterocycles. The Bertz CT molecular complexity index is 1360. The number of ether oxygens (including phenoxy) is 5. The zero-order valence-corrected chi connectivity index (χ0v) is 33.1. The SMILES string of the molecule is CC[C@H]1C[C@H](C(C)C2[C@@H](O)C[C@H]3C4=CC[C@@H]5C[C@H](O[C@@H]6O[C@H](CO)[C@@H](O)[C@H](O)[C@H]6O)CC[C@]5(C)C4CC[C@]23C)O[C@]1(C)CO[C@@H]1O[C@H](CO)[C@@H](O)[C@H](O)[C@H]1O. The molecule has 0 radical (unpaired) electrons. The van der Waals surface area contributed by atoms with Gasteiger partial charge < -0.3 is 69.6 Å². The van der Waals surface area contributed by atoms with Crippen molar-refractivity contribution in [2.24, 2.45) is 46.3 Å². The van der Waals surface area contributed by atoms with Gasteiger partial charge in [0.1, 0.15) is 48.8 Å². The molecule has 0 spiro atoms.